The van der Waals surface area contributed by atoms with Crippen LogP contribution in [-0.2, 0) is 20.9 Å². The number of anilines is 1. The molecule has 0 bridgehead atoms. The Morgan fingerprint density at radius 1 is 1.05 bits per heavy atom. The highest BCUT2D eigenvalue weighted by Crippen LogP contribution is 2.60. The standard InChI is InChI=1S/C28H29ClN3O5PS/c1-3-28(4-2,38(34,35)36)20-10-14-22(15-11-20)31-24(33)17-16-23-26(19-8-12-21(29)13-9-19)32-27(37-23)39-25-7-5-6-18-30-25/h5-15,18H,3-4,16-17H2,1-2H3,(H,31,33)(H2,34,35,36). The molecule has 0 radical (unpaired) electrons. The van der Waals surface area contributed by atoms with Crippen molar-refractivity contribution in [3.05, 3.63) is 89.3 Å². The fraction of sp³-hybridized carbons (Fsp3) is 0.250. The van der Waals surface area contributed by atoms with Crippen LogP contribution < -0.4 is 5.32 Å². The number of pyridine rings is 1. The molecule has 0 aliphatic heterocycles. The van der Waals surface area contributed by atoms with Gasteiger partial charge in [-0.1, -0.05) is 55.8 Å². The lowest BCUT2D eigenvalue weighted by molar-refractivity contribution is -0.116. The predicted octanol–water partition coefficient (Wildman–Crippen LogP) is 7.31. The molecule has 0 aliphatic carbocycles. The Kier molecular flexibility index (Phi) is 9.31. The molecule has 0 spiro atoms. The number of hydrogen-bond acceptors (Lipinski definition) is 6. The lowest BCUT2D eigenvalue weighted by Crippen LogP contribution is -2.24. The van der Waals surface area contributed by atoms with Gasteiger partial charge in [-0.3, -0.25) is 9.36 Å². The molecule has 0 atom stereocenters. The van der Waals surface area contributed by atoms with Gasteiger partial charge in [-0.2, -0.15) is 0 Å². The van der Waals surface area contributed by atoms with Crippen LogP contribution in [0.1, 0.15) is 44.4 Å². The quantitative estimate of drug-likeness (QED) is 0.156. The van der Waals surface area contributed by atoms with Gasteiger partial charge >= 0.3 is 7.60 Å². The molecule has 4 aromatic rings. The van der Waals surface area contributed by atoms with Crippen molar-refractivity contribution in [1.29, 1.82) is 0 Å². The first-order valence-electron chi connectivity index (χ1n) is 12.5. The first kappa shape index (κ1) is 29.1. The minimum absolute atomic E-state index is 0.140. The van der Waals surface area contributed by atoms with Crippen molar-refractivity contribution in [2.24, 2.45) is 0 Å². The van der Waals surface area contributed by atoms with Gasteiger partial charge in [-0.25, -0.2) is 9.97 Å². The van der Waals surface area contributed by atoms with E-state index in [9.17, 15) is 19.1 Å². The molecule has 3 N–H and O–H groups in total. The van der Waals surface area contributed by atoms with Crippen LogP contribution in [0.2, 0.25) is 5.02 Å². The number of nitrogens with zero attached hydrogens (tertiary/aromatic N) is 2. The molecular formula is C28H29ClN3O5PS. The van der Waals surface area contributed by atoms with Crippen LogP contribution in [0.25, 0.3) is 11.3 Å². The van der Waals surface area contributed by atoms with Gasteiger partial charge in [-0.05, 0) is 66.6 Å². The Balaban J connectivity index is 1.48. The normalized spacial score (nSPS) is 11.9. The second kappa shape index (κ2) is 12.5. The molecule has 11 heteroatoms. The van der Waals surface area contributed by atoms with Crippen LogP contribution in [0, 0.1) is 0 Å². The SMILES string of the molecule is CCC(CC)(c1ccc(NC(=O)CCc2oc(Sc3ccccn3)nc2-c2ccc(Cl)cc2)cc1)P(=O)(O)O. The van der Waals surface area contributed by atoms with E-state index in [-0.39, 0.29) is 12.3 Å². The first-order valence-corrected chi connectivity index (χ1v) is 15.3. The third-order valence-corrected chi connectivity index (χ3v) is 9.70. The molecule has 1 amide bonds. The van der Waals surface area contributed by atoms with Crippen molar-refractivity contribution in [3.8, 4) is 11.3 Å². The Morgan fingerprint density at radius 3 is 2.33 bits per heavy atom. The molecule has 2 aromatic heterocycles. The molecule has 2 heterocycles. The number of nitrogens with one attached hydrogen (secondary N) is 1. The minimum Gasteiger partial charge on any atom is -0.436 e. The monoisotopic (exact) mass is 585 g/mol. The van der Waals surface area contributed by atoms with E-state index in [1.54, 1.807) is 56.4 Å². The predicted molar refractivity (Wildman–Crippen MR) is 153 cm³/mol. The number of aryl methyl sites for hydroxylation is 1. The van der Waals surface area contributed by atoms with Gasteiger partial charge in [0, 0.05) is 35.3 Å². The summed E-state index contributed by atoms with van der Waals surface area (Å²) in [6.45, 7) is 3.53. The second-order valence-electron chi connectivity index (χ2n) is 8.94. The molecule has 204 valence electrons. The number of rotatable bonds is 11. The maximum atomic E-state index is 12.8. The maximum Gasteiger partial charge on any atom is 0.335 e. The number of halogens is 1. The number of benzene rings is 2. The van der Waals surface area contributed by atoms with E-state index in [0.717, 1.165) is 10.6 Å². The van der Waals surface area contributed by atoms with E-state index in [4.69, 9.17) is 16.0 Å². The van der Waals surface area contributed by atoms with Crippen LogP contribution in [0.15, 0.2) is 87.6 Å². The van der Waals surface area contributed by atoms with Crippen molar-refractivity contribution >= 4 is 42.6 Å². The van der Waals surface area contributed by atoms with Gasteiger partial charge in [0.05, 0.1) is 5.16 Å². The fourth-order valence-corrected chi connectivity index (χ4v) is 6.58. The number of carbonyl (C=O) groups excluding carboxylic acids is 1. The number of carbonyl (C=O) groups is 1. The van der Waals surface area contributed by atoms with E-state index >= 15 is 0 Å². The summed E-state index contributed by atoms with van der Waals surface area (Å²) in [6.07, 6.45) is 2.74. The van der Waals surface area contributed by atoms with Crippen molar-refractivity contribution < 1.29 is 23.6 Å². The van der Waals surface area contributed by atoms with Crippen molar-refractivity contribution in [2.45, 2.75) is 54.9 Å². The highest BCUT2D eigenvalue weighted by molar-refractivity contribution is 7.99. The molecule has 0 unspecified atom stereocenters. The molecule has 4 rings (SSSR count). The zero-order valence-electron chi connectivity index (χ0n) is 21.5. The molecule has 0 saturated carbocycles. The third kappa shape index (κ3) is 6.80. The van der Waals surface area contributed by atoms with Gasteiger partial charge in [-0.15, -0.1) is 0 Å². The topological polar surface area (TPSA) is 126 Å². The first-order chi connectivity index (χ1) is 18.6. The van der Waals surface area contributed by atoms with Crippen LogP contribution in [-0.4, -0.2) is 25.7 Å². The highest BCUT2D eigenvalue weighted by atomic mass is 35.5. The minimum atomic E-state index is -4.39. The van der Waals surface area contributed by atoms with E-state index in [1.165, 1.54) is 11.8 Å². The van der Waals surface area contributed by atoms with Gasteiger partial charge in [0.1, 0.15) is 16.5 Å². The summed E-state index contributed by atoms with van der Waals surface area (Å²) in [5.41, 5.74) is 2.54. The van der Waals surface area contributed by atoms with Crippen LogP contribution in [0.4, 0.5) is 5.69 Å². The molecule has 0 fully saturated rings. The summed E-state index contributed by atoms with van der Waals surface area (Å²) in [6, 6.07) is 19.5. The lowest BCUT2D eigenvalue weighted by Gasteiger charge is -2.33. The summed E-state index contributed by atoms with van der Waals surface area (Å²) in [5, 5.41) is 3.37. The Hall–Kier alpha value is -2.94. The summed E-state index contributed by atoms with van der Waals surface area (Å²) in [7, 11) is -4.39. The molecule has 39 heavy (non-hydrogen) atoms. The Bertz CT molecular complexity index is 1450. The fourth-order valence-electron chi connectivity index (χ4n) is 4.43. The Morgan fingerprint density at radius 2 is 1.74 bits per heavy atom. The van der Waals surface area contributed by atoms with Gasteiger partial charge in [0.25, 0.3) is 5.22 Å². The second-order valence-corrected chi connectivity index (χ2v) is 12.3. The molecule has 2 aromatic carbocycles. The van der Waals surface area contributed by atoms with Crippen LogP contribution in [0.3, 0.4) is 0 Å². The molecule has 8 nitrogen and oxygen atoms in total. The lowest BCUT2D eigenvalue weighted by atomic mass is 9.92. The molecule has 0 saturated heterocycles. The average molecular weight is 586 g/mol. The van der Waals surface area contributed by atoms with Gasteiger partial charge < -0.3 is 19.5 Å². The number of oxazole rings is 1. The zero-order chi connectivity index (χ0) is 28.0. The maximum absolute atomic E-state index is 12.8. The Labute approximate surface area is 236 Å². The van der Waals surface area contributed by atoms with Crippen LogP contribution >= 0.6 is 31.0 Å². The third-order valence-electron chi connectivity index (χ3n) is 6.64. The highest BCUT2D eigenvalue weighted by Gasteiger charge is 2.45. The smallest absolute Gasteiger partial charge is 0.335 e. The molecular weight excluding hydrogens is 557 g/mol. The van der Waals surface area contributed by atoms with Gasteiger partial charge in [0.15, 0.2) is 0 Å². The summed E-state index contributed by atoms with van der Waals surface area (Å²) in [5.74, 6) is 0.339. The zero-order valence-corrected chi connectivity index (χ0v) is 24.0. The summed E-state index contributed by atoms with van der Waals surface area (Å²) >= 11 is 7.35. The van der Waals surface area contributed by atoms with Crippen molar-refractivity contribution in [2.75, 3.05) is 5.32 Å². The van der Waals surface area contributed by atoms with Gasteiger partial charge in [0.2, 0.25) is 5.91 Å². The largest absolute Gasteiger partial charge is 0.436 e. The van der Waals surface area contributed by atoms with E-state index in [0.29, 0.717) is 52.2 Å². The number of aromatic nitrogens is 2. The summed E-state index contributed by atoms with van der Waals surface area (Å²) < 4.78 is 18.3. The number of amides is 1. The average Bonchev–Trinajstić information content (AvgIpc) is 3.32. The van der Waals surface area contributed by atoms with Crippen LogP contribution in [0.5, 0.6) is 0 Å². The van der Waals surface area contributed by atoms with E-state index < -0.39 is 12.8 Å². The van der Waals surface area contributed by atoms with E-state index in [2.05, 4.69) is 15.3 Å². The van der Waals surface area contributed by atoms with E-state index in [1.807, 2.05) is 30.3 Å². The van der Waals surface area contributed by atoms with Crippen molar-refractivity contribution in [1.82, 2.24) is 9.97 Å². The number of hydrogen-bond donors (Lipinski definition) is 3. The van der Waals surface area contributed by atoms with Crippen molar-refractivity contribution in [3.63, 3.8) is 0 Å². The summed E-state index contributed by atoms with van der Waals surface area (Å²) in [4.78, 5) is 41.7. The molecule has 0 aliphatic rings.